The minimum absolute atomic E-state index is 0.0536. The smallest absolute Gasteiger partial charge is 0.342 e. The number of likely N-dealkylation sites (tertiary alicyclic amines) is 1. The first-order chi connectivity index (χ1) is 23.7. The van der Waals surface area contributed by atoms with Crippen LogP contribution >= 0.6 is 69.6 Å². The van der Waals surface area contributed by atoms with Crippen molar-refractivity contribution in [2.45, 2.75) is 89.2 Å². The van der Waals surface area contributed by atoms with Gasteiger partial charge in [0.05, 0.1) is 17.5 Å². The lowest BCUT2D eigenvalue weighted by Gasteiger charge is -2.46. The zero-order valence-electron chi connectivity index (χ0n) is 27.6. The van der Waals surface area contributed by atoms with Crippen LogP contribution in [0.3, 0.4) is 0 Å². The second-order valence-corrected chi connectivity index (χ2v) is 18.5. The van der Waals surface area contributed by atoms with E-state index in [2.05, 4.69) is 9.80 Å². The Morgan fingerprint density at radius 3 is 1.86 bits per heavy atom. The largest absolute Gasteiger partial charge is 0.416 e. The molecule has 2 saturated heterocycles. The molecule has 2 aromatic rings. The summed E-state index contributed by atoms with van der Waals surface area (Å²) >= 11 is 37.9. The molecular weight excluding hydrogens is 805 g/mol. The van der Waals surface area contributed by atoms with Gasteiger partial charge in [0.1, 0.15) is 0 Å². The predicted molar refractivity (Wildman–Crippen MR) is 192 cm³/mol. The van der Waals surface area contributed by atoms with Gasteiger partial charge in [0, 0.05) is 61.9 Å². The molecule has 51 heavy (non-hydrogen) atoms. The van der Waals surface area contributed by atoms with Gasteiger partial charge in [-0.25, -0.2) is 0 Å². The summed E-state index contributed by atoms with van der Waals surface area (Å²) in [5.41, 5.74) is -2.99. The van der Waals surface area contributed by atoms with Crippen molar-refractivity contribution in [2.24, 2.45) is 0 Å². The third kappa shape index (κ3) is 10.5. The number of amides is 1. The number of hydrogen-bond acceptors (Lipinski definition) is 3. The van der Waals surface area contributed by atoms with E-state index in [-0.39, 0.29) is 35.8 Å². The van der Waals surface area contributed by atoms with E-state index in [1.807, 2.05) is 0 Å². The lowest BCUT2D eigenvalue weighted by molar-refractivity contribution is -0.143. The molecule has 1 aliphatic carbocycles. The van der Waals surface area contributed by atoms with Gasteiger partial charge in [0.2, 0.25) is 13.5 Å². The predicted octanol–water partition coefficient (Wildman–Crippen LogP) is 10.8. The molecule has 0 N–H and O–H groups in total. The van der Waals surface area contributed by atoms with Crippen LogP contribution in [0.25, 0.3) is 0 Å². The number of benzene rings is 2. The number of carbonyl (C=O) groups is 1. The maximum atomic E-state index is 13.7. The summed E-state index contributed by atoms with van der Waals surface area (Å²) in [5.74, 6) is -0.591. The fourth-order valence-electron chi connectivity index (χ4n) is 7.86. The molecule has 3 fully saturated rings. The summed E-state index contributed by atoms with van der Waals surface area (Å²) < 4.78 is 77.5. The molecule has 2 aromatic carbocycles. The van der Waals surface area contributed by atoms with Gasteiger partial charge in [-0.3, -0.25) is 9.69 Å². The number of rotatable bonds is 7. The molecule has 284 valence electrons. The van der Waals surface area contributed by atoms with Gasteiger partial charge in [-0.05, 0) is 68.0 Å². The lowest BCUT2D eigenvalue weighted by Crippen LogP contribution is -2.53. The molecule has 1 amide bonds. The molecule has 2 aliphatic heterocycles. The van der Waals surface area contributed by atoms with E-state index in [0.717, 1.165) is 31.7 Å². The van der Waals surface area contributed by atoms with E-state index in [1.54, 1.807) is 18.2 Å². The average molecular weight is 844 g/mol. The van der Waals surface area contributed by atoms with Crippen LogP contribution in [-0.4, -0.2) is 72.5 Å². The summed E-state index contributed by atoms with van der Waals surface area (Å²) in [4.78, 5) is 20.2. The maximum Gasteiger partial charge on any atom is 0.416 e. The number of alkyl halides is 12. The van der Waals surface area contributed by atoms with Gasteiger partial charge < -0.3 is 9.80 Å². The minimum Gasteiger partial charge on any atom is -0.342 e. The molecular formula is C35H39Cl6F6N3O. The van der Waals surface area contributed by atoms with Crippen LogP contribution in [0.4, 0.5) is 26.3 Å². The Bertz CT molecular complexity index is 1500. The highest BCUT2D eigenvalue weighted by Gasteiger charge is 2.43. The summed E-state index contributed by atoms with van der Waals surface area (Å²) in [6.07, 6.45) is -2.73. The number of halogens is 12. The number of piperazine rings is 1. The topological polar surface area (TPSA) is 26.8 Å². The highest BCUT2D eigenvalue weighted by molar-refractivity contribution is 6.69. The normalized spacial score (nSPS) is 22.4. The average Bonchev–Trinajstić information content (AvgIpc) is 3.06. The molecule has 3 aliphatic rings. The zero-order chi connectivity index (χ0) is 37.4. The van der Waals surface area contributed by atoms with Crippen LogP contribution in [0.5, 0.6) is 0 Å². The van der Waals surface area contributed by atoms with Crippen LogP contribution in [0.1, 0.15) is 84.7 Å². The number of piperidine rings is 1. The van der Waals surface area contributed by atoms with Crippen molar-refractivity contribution in [2.75, 3.05) is 45.8 Å². The molecule has 1 atom stereocenters. The van der Waals surface area contributed by atoms with Gasteiger partial charge in [0.15, 0.2) is 0 Å². The molecule has 2 heterocycles. The van der Waals surface area contributed by atoms with Gasteiger partial charge in [-0.2, -0.15) is 26.3 Å². The van der Waals surface area contributed by atoms with Crippen molar-refractivity contribution < 1.29 is 31.1 Å². The fraction of sp³-hybridized carbons (Fsp3) is 0.629. The maximum absolute atomic E-state index is 13.7. The van der Waals surface area contributed by atoms with Gasteiger partial charge in [-0.15, -0.1) is 0 Å². The lowest BCUT2D eigenvalue weighted by atomic mass is 9.71. The standard InChI is InChI=1S/C35H39Cl6F6N3O/c36-32(37,38)28-8-7-24(21-29(28)33(39,40)41)31(10-12-48-13-15-49(16-14-48)27-5-2-1-3-6-27)9-4-11-50(22-31)30(51)19-23-17-25(34(42,43)44)20-26(18-23)35(45,46)47/h7-8,17-18,20-21,27H,1-6,9-16,19,22H2/t31-/m1/s1. The SMILES string of the molecule is O=C(Cc1cc(C(F)(F)F)cc(C(F)(F)F)c1)N1CCC[C@](CCN2CCN(C3CCCCC3)CC2)(c2ccc(C(Cl)(Cl)Cl)c(C(Cl)(Cl)Cl)c2)C1. The van der Waals surface area contributed by atoms with E-state index < -0.39 is 48.8 Å². The summed E-state index contributed by atoms with van der Waals surface area (Å²) in [6.45, 7) is 4.75. The van der Waals surface area contributed by atoms with Crippen molar-refractivity contribution in [3.8, 4) is 0 Å². The Hall–Kier alpha value is -0.850. The van der Waals surface area contributed by atoms with E-state index in [4.69, 9.17) is 69.6 Å². The van der Waals surface area contributed by atoms with Gasteiger partial charge in [0.25, 0.3) is 0 Å². The van der Waals surface area contributed by atoms with Crippen molar-refractivity contribution >= 4 is 75.5 Å². The fourth-order valence-corrected chi connectivity index (χ4v) is 8.83. The van der Waals surface area contributed by atoms with Crippen molar-refractivity contribution in [1.29, 1.82) is 0 Å². The molecule has 0 bridgehead atoms. The summed E-state index contributed by atoms with van der Waals surface area (Å²) in [7, 11) is 0. The van der Waals surface area contributed by atoms with E-state index in [0.29, 0.717) is 44.0 Å². The summed E-state index contributed by atoms with van der Waals surface area (Å²) in [5, 5.41) is 0. The first kappa shape index (κ1) is 41.3. The van der Waals surface area contributed by atoms with Crippen molar-refractivity contribution in [3.05, 3.63) is 69.8 Å². The van der Waals surface area contributed by atoms with Crippen LogP contribution in [0, 0.1) is 0 Å². The third-order valence-corrected chi connectivity index (χ3v) is 11.8. The molecule has 0 spiro atoms. The van der Waals surface area contributed by atoms with Crippen molar-refractivity contribution in [3.63, 3.8) is 0 Å². The quantitative estimate of drug-likeness (QED) is 0.205. The molecule has 16 heteroatoms. The van der Waals surface area contributed by atoms with Gasteiger partial charge >= 0.3 is 12.4 Å². The Morgan fingerprint density at radius 1 is 0.725 bits per heavy atom. The van der Waals surface area contributed by atoms with Crippen molar-refractivity contribution in [1.82, 2.24) is 14.7 Å². The van der Waals surface area contributed by atoms with Crippen LogP contribution < -0.4 is 0 Å². The monoisotopic (exact) mass is 841 g/mol. The Morgan fingerprint density at radius 2 is 1.31 bits per heavy atom. The second-order valence-electron chi connectivity index (χ2n) is 14.0. The van der Waals surface area contributed by atoms with E-state index in [1.165, 1.54) is 37.0 Å². The Kier molecular flexibility index (Phi) is 13.0. The molecule has 0 aromatic heterocycles. The van der Waals surface area contributed by atoms with E-state index >= 15 is 0 Å². The summed E-state index contributed by atoms with van der Waals surface area (Å²) in [6, 6.07) is 6.88. The molecule has 1 saturated carbocycles. The molecule has 0 radical (unpaired) electrons. The van der Waals surface area contributed by atoms with Gasteiger partial charge in [-0.1, -0.05) is 107 Å². The third-order valence-electron chi connectivity index (χ3n) is 10.6. The second kappa shape index (κ2) is 16.1. The molecule has 4 nitrogen and oxygen atoms in total. The number of hydrogen-bond donors (Lipinski definition) is 0. The zero-order valence-corrected chi connectivity index (χ0v) is 32.2. The first-order valence-electron chi connectivity index (χ1n) is 17.0. The highest BCUT2D eigenvalue weighted by atomic mass is 35.6. The molecule has 0 unspecified atom stereocenters. The minimum atomic E-state index is -5.03. The Balaban J connectivity index is 1.42. The highest BCUT2D eigenvalue weighted by Crippen LogP contribution is 2.50. The Labute approximate surface area is 324 Å². The number of nitrogens with zero attached hydrogens (tertiary/aromatic N) is 3. The first-order valence-corrected chi connectivity index (χ1v) is 19.2. The van der Waals surface area contributed by atoms with E-state index in [9.17, 15) is 31.1 Å². The molecule has 5 rings (SSSR count). The van der Waals surface area contributed by atoms with Crippen LogP contribution in [0.15, 0.2) is 36.4 Å². The van der Waals surface area contributed by atoms with Crippen LogP contribution in [0.2, 0.25) is 0 Å². The number of carbonyl (C=O) groups excluding carboxylic acids is 1. The van der Waals surface area contributed by atoms with Crippen LogP contribution in [-0.2, 0) is 36.6 Å².